The van der Waals surface area contributed by atoms with Crippen molar-refractivity contribution in [2.24, 2.45) is 0 Å². The molecule has 2 amide bonds. The number of nitrogens with zero attached hydrogens (tertiary/aromatic N) is 2. The molecule has 2 aromatic carbocycles. The Morgan fingerprint density at radius 1 is 1.07 bits per heavy atom. The summed E-state index contributed by atoms with van der Waals surface area (Å²) < 4.78 is 1.99. The number of thiazole rings is 1. The molecule has 6 heteroatoms. The molecular weight excluding hydrogens is 356 g/mol. The fourth-order valence-corrected chi connectivity index (χ4v) is 3.57. The predicted octanol–water partition coefficient (Wildman–Crippen LogP) is 5.83. The zero-order valence-corrected chi connectivity index (χ0v) is 16.0. The molecule has 0 saturated heterocycles. The molecule has 0 aliphatic heterocycles. The number of carbonyl (C=O) groups is 1. The van der Waals surface area contributed by atoms with Crippen molar-refractivity contribution in [1.29, 1.82) is 0 Å². The molecule has 0 radical (unpaired) electrons. The van der Waals surface area contributed by atoms with Crippen LogP contribution in [0.5, 0.6) is 0 Å². The lowest BCUT2D eigenvalue weighted by Gasteiger charge is -2.10. The Morgan fingerprint density at radius 2 is 1.85 bits per heavy atom. The van der Waals surface area contributed by atoms with Crippen molar-refractivity contribution in [2.45, 2.75) is 19.8 Å². The maximum Gasteiger partial charge on any atom is 0.323 e. The second-order valence-electron chi connectivity index (χ2n) is 6.66. The van der Waals surface area contributed by atoms with Crippen LogP contribution in [0.3, 0.4) is 0 Å². The Hall–Kier alpha value is -3.12. The number of nitrogens with one attached hydrogen (secondary N) is 2. The van der Waals surface area contributed by atoms with Gasteiger partial charge in [0.2, 0.25) is 0 Å². The molecule has 136 valence electrons. The van der Waals surface area contributed by atoms with E-state index in [9.17, 15) is 4.79 Å². The minimum Gasteiger partial charge on any atom is -0.308 e. The van der Waals surface area contributed by atoms with Gasteiger partial charge in [-0.25, -0.2) is 9.78 Å². The van der Waals surface area contributed by atoms with Gasteiger partial charge in [0, 0.05) is 34.7 Å². The third-order valence-electron chi connectivity index (χ3n) is 4.34. The maximum atomic E-state index is 12.3. The number of hydrogen-bond acceptors (Lipinski definition) is 3. The first kappa shape index (κ1) is 17.3. The number of anilines is 2. The number of fused-ring (bicyclic) bond motifs is 1. The van der Waals surface area contributed by atoms with Crippen LogP contribution >= 0.6 is 11.3 Å². The van der Waals surface area contributed by atoms with Crippen molar-refractivity contribution in [2.75, 3.05) is 10.6 Å². The number of rotatable bonds is 4. The molecule has 0 aliphatic rings. The van der Waals surface area contributed by atoms with Crippen LogP contribution in [0.1, 0.15) is 25.3 Å². The van der Waals surface area contributed by atoms with E-state index in [1.807, 2.05) is 70.7 Å². The van der Waals surface area contributed by atoms with Crippen molar-refractivity contribution in [3.63, 3.8) is 0 Å². The zero-order valence-electron chi connectivity index (χ0n) is 15.1. The normalized spacial score (nSPS) is 11.1. The number of hydrogen-bond donors (Lipinski definition) is 2. The summed E-state index contributed by atoms with van der Waals surface area (Å²) in [5.41, 5.74) is 4.58. The summed E-state index contributed by atoms with van der Waals surface area (Å²) >= 11 is 1.59. The smallest absolute Gasteiger partial charge is 0.308 e. The molecule has 0 aliphatic carbocycles. The number of aromatic nitrogens is 2. The number of amides is 2. The summed E-state index contributed by atoms with van der Waals surface area (Å²) in [6.07, 6.45) is 3.97. The van der Waals surface area contributed by atoms with Gasteiger partial charge in [0.25, 0.3) is 0 Å². The molecule has 2 aromatic heterocycles. The van der Waals surface area contributed by atoms with Gasteiger partial charge in [-0.15, -0.1) is 11.3 Å². The fraction of sp³-hybridized carbons (Fsp3) is 0.143. The molecule has 0 atom stereocenters. The van der Waals surface area contributed by atoms with E-state index in [1.54, 1.807) is 11.3 Å². The molecule has 4 rings (SSSR count). The van der Waals surface area contributed by atoms with Crippen molar-refractivity contribution >= 4 is 33.7 Å². The number of urea groups is 1. The Morgan fingerprint density at radius 3 is 2.59 bits per heavy atom. The molecule has 0 spiro atoms. The molecule has 2 heterocycles. The van der Waals surface area contributed by atoms with Crippen molar-refractivity contribution in [1.82, 2.24) is 9.38 Å². The van der Waals surface area contributed by atoms with Gasteiger partial charge in [-0.1, -0.05) is 38.1 Å². The fourth-order valence-electron chi connectivity index (χ4n) is 2.87. The Labute approximate surface area is 161 Å². The van der Waals surface area contributed by atoms with Gasteiger partial charge in [-0.05, 0) is 35.7 Å². The van der Waals surface area contributed by atoms with E-state index in [0.717, 1.165) is 27.6 Å². The van der Waals surface area contributed by atoms with Crippen LogP contribution in [-0.2, 0) is 0 Å². The monoisotopic (exact) mass is 376 g/mol. The first-order valence-corrected chi connectivity index (χ1v) is 9.67. The topological polar surface area (TPSA) is 58.4 Å². The second-order valence-corrected chi connectivity index (χ2v) is 7.53. The summed E-state index contributed by atoms with van der Waals surface area (Å²) in [7, 11) is 0. The van der Waals surface area contributed by atoms with E-state index in [0.29, 0.717) is 5.92 Å². The van der Waals surface area contributed by atoms with E-state index in [1.165, 1.54) is 5.56 Å². The van der Waals surface area contributed by atoms with E-state index in [-0.39, 0.29) is 6.03 Å². The lowest BCUT2D eigenvalue weighted by Crippen LogP contribution is -2.19. The van der Waals surface area contributed by atoms with Gasteiger partial charge in [-0.2, -0.15) is 0 Å². The molecule has 0 bridgehead atoms. The standard InChI is InChI=1S/C21H20N4OS/c1-14(2)15-6-8-17(9-7-15)22-20(26)23-18-5-3-4-16(12-18)19-13-25-10-11-27-21(25)24-19/h3-14H,1-2H3,(H2,22,23,26). The molecule has 27 heavy (non-hydrogen) atoms. The number of imidazole rings is 1. The highest BCUT2D eigenvalue weighted by Crippen LogP contribution is 2.24. The van der Waals surface area contributed by atoms with Gasteiger partial charge in [0.15, 0.2) is 4.96 Å². The molecule has 2 N–H and O–H groups in total. The lowest BCUT2D eigenvalue weighted by molar-refractivity contribution is 0.262. The van der Waals surface area contributed by atoms with E-state index < -0.39 is 0 Å². The van der Waals surface area contributed by atoms with Crippen molar-refractivity contribution in [3.8, 4) is 11.3 Å². The zero-order chi connectivity index (χ0) is 18.8. The molecule has 4 aromatic rings. The lowest BCUT2D eigenvalue weighted by atomic mass is 10.0. The average molecular weight is 376 g/mol. The maximum absolute atomic E-state index is 12.3. The summed E-state index contributed by atoms with van der Waals surface area (Å²) in [6.45, 7) is 4.29. The van der Waals surface area contributed by atoms with Gasteiger partial charge in [-0.3, -0.25) is 4.40 Å². The molecule has 0 unspecified atom stereocenters. The van der Waals surface area contributed by atoms with Crippen LogP contribution in [0, 0.1) is 0 Å². The third kappa shape index (κ3) is 3.85. The van der Waals surface area contributed by atoms with Crippen LogP contribution in [0.25, 0.3) is 16.2 Å². The van der Waals surface area contributed by atoms with Crippen molar-refractivity contribution < 1.29 is 4.79 Å². The minimum atomic E-state index is -0.268. The molecule has 0 fully saturated rings. The van der Waals surface area contributed by atoms with Gasteiger partial charge in [0.05, 0.1) is 5.69 Å². The highest BCUT2D eigenvalue weighted by molar-refractivity contribution is 7.15. The first-order valence-electron chi connectivity index (χ1n) is 8.79. The highest BCUT2D eigenvalue weighted by Gasteiger charge is 2.08. The Bertz CT molecular complexity index is 1050. The quantitative estimate of drug-likeness (QED) is 0.471. The second kappa shape index (κ2) is 7.25. The first-order chi connectivity index (χ1) is 13.1. The molecule has 5 nitrogen and oxygen atoms in total. The van der Waals surface area contributed by atoms with Crippen LogP contribution < -0.4 is 10.6 Å². The molecular formula is C21H20N4OS. The average Bonchev–Trinajstić information content (AvgIpc) is 3.24. The Balaban J connectivity index is 1.46. The summed E-state index contributed by atoms with van der Waals surface area (Å²) in [5, 5.41) is 7.75. The van der Waals surface area contributed by atoms with Crippen molar-refractivity contribution in [3.05, 3.63) is 71.9 Å². The van der Waals surface area contributed by atoms with Crippen LogP contribution in [0.4, 0.5) is 16.2 Å². The van der Waals surface area contributed by atoms with E-state index >= 15 is 0 Å². The predicted molar refractivity (Wildman–Crippen MR) is 112 cm³/mol. The SMILES string of the molecule is CC(C)c1ccc(NC(=O)Nc2cccc(-c3cn4ccsc4n3)c2)cc1. The van der Waals surface area contributed by atoms with Crippen LogP contribution in [0.2, 0.25) is 0 Å². The highest BCUT2D eigenvalue weighted by atomic mass is 32.1. The van der Waals surface area contributed by atoms with Gasteiger partial charge >= 0.3 is 6.03 Å². The van der Waals surface area contributed by atoms with E-state index in [2.05, 4.69) is 29.5 Å². The van der Waals surface area contributed by atoms with Gasteiger partial charge in [0.1, 0.15) is 0 Å². The largest absolute Gasteiger partial charge is 0.323 e. The van der Waals surface area contributed by atoms with E-state index in [4.69, 9.17) is 0 Å². The summed E-state index contributed by atoms with van der Waals surface area (Å²) in [4.78, 5) is 17.9. The number of benzene rings is 2. The van der Waals surface area contributed by atoms with Crippen LogP contribution in [-0.4, -0.2) is 15.4 Å². The van der Waals surface area contributed by atoms with Gasteiger partial charge < -0.3 is 10.6 Å². The summed E-state index contributed by atoms with van der Waals surface area (Å²) in [6, 6.07) is 15.3. The molecule has 0 saturated carbocycles. The minimum absolute atomic E-state index is 0.268. The number of carbonyl (C=O) groups excluding carboxylic acids is 1. The third-order valence-corrected chi connectivity index (χ3v) is 5.12. The summed E-state index contributed by atoms with van der Waals surface area (Å²) in [5.74, 6) is 0.467. The van der Waals surface area contributed by atoms with Crippen LogP contribution in [0.15, 0.2) is 66.3 Å². The Kier molecular flexibility index (Phi) is 4.64.